The lowest BCUT2D eigenvalue weighted by molar-refractivity contribution is -0.137. The van der Waals surface area contributed by atoms with E-state index in [2.05, 4.69) is 16.9 Å². The molecule has 0 fully saturated rings. The van der Waals surface area contributed by atoms with Crippen LogP contribution in [0.15, 0.2) is 30.8 Å². The zero-order valence-electron chi connectivity index (χ0n) is 8.06. The topological polar surface area (TPSA) is 21.3 Å². The first-order valence-electron chi connectivity index (χ1n) is 4.10. The van der Waals surface area contributed by atoms with Crippen molar-refractivity contribution in [3.8, 4) is 0 Å². The zero-order valence-corrected chi connectivity index (χ0v) is 8.06. The van der Waals surface area contributed by atoms with Gasteiger partial charge in [0.05, 0.1) is 18.4 Å². The van der Waals surface area contributed by atoms with Gasteiger partial charge >= 0.3 is 6.18 Å². The van der Waals surface area contributed by atoms with Gasteiger partial charge in [-0.3, -0.25) is 10.3 Å². The Hall–Kier alpha value is -1.49. The molecule has 0 bridgehead atoms. The van der Waals surface area contributed by atoms with Crippen molar-refractivity contribution in [2.45, 2.75) is 6.18 Å². The highest BCUT2D eigenvalue weighted by atomic mass is 19.4. The summed E-state index contributed by atoms with van der Waals surface area (Å²) in [6, 6.07) is 4.66. The van der Waals surface area contributed by atoms with Gasteiger partial charge in [0.1, 0.15) is 0 Å². The second-order valence-electron chi connectivity index (χ2n) is 2.86. The fourth-order valence-corrected chi connectivity index (χ4v) is 1.04. The second kappa shape index (κ2) is 4.35. The summed E-state index contributed by atoms with van der Waals surface area (Å²) < 4.78 is 36.6. The van der Waals surface area contributed by atoms with Crippen LogP contribution in [-0.2, 0) is 11.0 Å². The van der Waals surface area contributed by atoms with E-state index < -0.39 is 11.7 Å². The summed E-state index contributed by atoms with van der Waals surface area (Å²) in [7, 11) is 1.40. The van der Waals surface area contributed by atoms with Gasteiger partial charge in [-0.05, 0) is 17.7 Å². The van der Waals surface area contributed by atoms with Crippen molar-refractivity contribution >= 4 is 5.70 Å². The molecule has 0 spiro atoms. The summed E-state index contributed by atoms with van der Waals surface area (Å²) in [5.41, 5.74) is 2.72. The molecule has 1 N–H and O–H groups in total. The smallest absolute Gasteiger partial charge is 0.279 e. The monoisotopic (exact) mass is 217 g/mol. The molecule has 15 heavy (non-hydrogen) atoms. The number of hydrogen-bond acceptors (Lipinski definition) is 2. The molecule has 1 aromatic carbocycles. The highest BCUT2D eigenvalue weighted by molar-refractivity contribution is 5.60. The van der Waals surface area contributed by atoms with Crippen molar-refractivity contribution in [2.24, 2.45) is 0 Å². The molecule has 0 saturated carbocycles. The molecule has 0 aromatic heterocycles. The van der Waals surface area contributed by atoms with Crippen molar-refractivity contribution in [3.63, 3.8) is 0 Å². The summed E-state index contributed by atoms with van der Waals surface area (Å²) in [4.78, 5) is 4.58. The minimum atomic E-state index is -4.31. The summed E-state index contributed by atoms with van der Waals surface area (Å²) in [5.74, 6) is 0. The normalized spacial score (nSPS) is 11.2. The Morgan fingerprint density at radius 3 is 2.20 bits per heavy atom. The lowest BCUT2D eigenvalue weighted by atomic mass is 10.1. The Balaban J connectivity index is 2.86. The molecule has 0 saturated heterocycles. The Morgan fingerprint density at radius 1 is 1.27 bits per heavy atom. The maximum atomic E-state index is 12.2. The molecule has 0 radical (unpaired) electrons. The fourth-order valence-electron chi connectivity index (χ4n) is 1.04. The van der Waals surface area contributed by atoms with E-state index in [9.17, 15) is 13.2 Å². The molecular formula is C10H10F3NO. The maximum absolute atomic E-state index is 12.2. The van der Waals surface area contributed by atoms with Gasteiger partial charge in [0, 0.05) is 0 Å². The first-order valence-corrected chi connectivity index (χ1v) is 4.10. The molecule has 1 rings (SSSR count). The molecule has 5 heteroatoms. The van der Waals surface area contributed by atoms with Gasteiger partial charge < -0.3 is 0 Å². The van der Waals surface area contributed by atoms with Gasteiger partial charge in [0.15, 0.2) is 0 Å². The van der Waals surface area contributed by atoms with Gasteiger partial charge in [0.2, 0.25) is 0 Å². The first kappa shape index (κ1) is 11.6. The van der Waals surface area contributed by atoms with E-state index in [0.29, 0.717) is 11.3 Å². The number of hydrogen-bond donors (Lipinski definition) is 1. The lowest BCUT2D eigenvalue weighted by Gasteiger charge is -2.09. The third kappa shape index (κ3) is 2.99. The number of benzene rings is 1. The van der Waals surface area contributed by atoms with E-state index in [0.717, 1.165) is 12.1 Å². The molecule has 2 nitrogen and oxygen atoms in total. The summed E-state index contributed by atoms with van der Waals surface area (Å²) in [5, 5.41) is 0. The Morgan fingerprint density at radius 2 is 1.80 bits per heavy atom. The van der Waals surface area contributed by atoms with Crippen LogP contribution in [0.25, 0.3) is 5.70 Å². The molecule has 0 atom stereocenters. The third-order valence-corrected chi connectivity index (χ3v) is 1.79. The highest BCUT2D eigenvalue weighted by Gasteiger charge is 2.29. The van der Waals surface area contributed by atoms with E-state index in [-0.39, 0.29) is 0 Å². The van der Waals surface area contributed by atoms with Crippen molar-refractivity contribution in [2.75, 3.05) is 7.11 Å². The van der Waals surface area contributed by atoms with E-state index in [1.54, 1.807) is 0 Å². The number of halogens is 3. The predicted molar refractivity (Wildman–Crippen MR) is 50.6 cm³/mol. The van der Waals surface area contributed by atoms with E-state index in [4.69, 9.17) is 0 Å². The van der Waals surface area contributed by atoms with Crippen molar-refractivity contribution in [3.05, 3.63) is 42.0 Å². The molecule has 0 heterocycles. The molecule has 0 aliphatic heterocycles. The van der Waals surface area contributed by atoms with E-state index >= 15 is 0 Å². The first-order chi connectivity index (χ1) is 6.95. The largest absolute Gasteiger partial charge is 0.416 e. The third-order valence-electron chi connectivity index (χ3n) is 1.79. The molecular weight excluding hydrogens is 207 g/mol. The minimum Gasteiger partial charge on any atom is -0.279 e. The van der Waals surface area contributed by atoms with Gasteiger partial charge in [-0.25, -0.2) is 0 Å². The number of alkyl halides is 3. The summed E-state index contributed by atoms with van der Waals surface area (Å²) in [6.07, 6.45) is -4.31. The Bertz CT molecular complexity index is 343. The van der Waals surface area contributed by atoms with Crippen LogP contribution in [0.4, 0.5) is 13.2 Å². The standard InChI is InChI=1S/C10H10F3NO/c1-7(14-15-2)8-3-5-9(6-4-8)10(11,12)13/h3-6,14H,1H2,2H3. The van der Waals surface area contributed by atoms with Gasteiger partial charge in [-0.15, -0.1) is 0 Å². The molecule has 0 aliphatic rings. The van der Waals surface area contributed by atoms with E-state index in [1.807, 2.05) is 0 Å². The SMILES string of the molecule is C=C(NOC)c1ccc(C(F)(F)F)cc1. The zero-order chi connectivity index (χ0) is 11.5. The molecule has 0 amide bonds. The van der Waals surface area contributed by atoms with Crippen LogP contribution in [0.1, 0.15) is 11.1 Å². The van der Waals surface area contributed by atoms with Crippen LogP contribution in [0.2, 0.25) is 0 Å². The quantitative estimate of drug-likeness (QED) is 0.786. The lowest BCUT2D eigenvalue weighted by Crippen LogP contribution is -2.09. The number of hydroxylamine groups is 1. The van der Waals surface area contributed by atoms with Crippen molar-refractivity contribution < 1.29 is 18.0 Å². The molecule has 1 aromatic rings. The van der Waals surface area contributed by atoms with E-state index in [1.165, 1.54) is 19.2 Å². The van der Waals surface area contributed by atoms with Crippen LogP contribution in [-0.4, -0.2) is 7.11 Å². The maximum Gasteiger partial charge on any atom is 0.416 e. The average molecular weight is 217 g/mol. The molecule has 0 aliphatic carbocycles. The Labute approximate surface area is 85.3 Å². The number of rotatable bonds is 3. The van der Waals surface area contributed by atoms with Crippen LogP contribution < -0.4 is 5.48 Å². The summed E-state index contributed by atoms with van der Waals surface area (Å²) in [6.45, 7) is 3.59. The predicted octanol–water partition coefficient (Wildman–Crippen LogP) is 2.83. The second-order valence-corrected chi connectivity index (χ2v) is 2.86. The van der Waals surface area contributed by atoms with Crippen molar-refractivity contribution in [1.29, 1.82) is 0 Å². The van der Waals surface area contributed by atoms with Gasteiger partial charge in [-0.1, -0.05) is 18.7 Å². The van der Waals surface area contributed by atoms with Crippen LogP contribution in [0.5, 0.6) is 0 Å². The highest BCUT2D eigenvalue weighted by Crippen LogP contribution is 2.29. The number of nitrogens with one attached hydrogen (secondary N) is 1. The van der Waals surface area contributed by atoms with Gasteiger partial charge in [-0.2, -0.15) is 13.2 Å². The van der Waals surface area contributed by atoms with Crippen LogP contribution in [0.3, 0.4) is 0 Å². The fraction of sp³-hybridized carbons (Fsp3) is 0.200. The summed E-state index contributed by atoms with van der Waals surface area (Å²) >= 11 is 0. The molecule has 0 unspecified atom stereocenters. The minimum absolute atomic E-state index is 0.409. The van der Waals surface area contributed by atoms with Gasteiger partial charge in [0.25, 0.3) is 0 Å². The average Bonchev–Trinajstić information content (AvgIpc) is 2.17. The van der Waals surface area contributed by atoms with Crippen LogP contribution in [0, 0.1) is 0 Å². The molecule has 82 valence electrons. The van der Waals surface area contributed by atoms with Crippen LogP contribution >= 0.6 is 0 Å². The Kier molecular flexibility index (Phi) is 3.36. The van der Waals surface area contributed by atoms with Crippen molar-refractivity contribution in [1.82, 2.24) is 5.48 Å².